The van der Waals surface area contributed by atoms with Crippen LogP contribution in [0.15, 0.2) is 53.9 Å². The molecule has 3 aromatic rings. The highest BCUT2D eigenvalue weighted by Crippen LogP contribution is 2.26. The lowest BCUT2D eigenvalue weighted by Crippen LogP contribution is -2.15. The average molecular weight is 392 g/mol. The molecule has 0 bridgehead atoms. The van der Waals surface area contributed by atoms with Crippen molar-refractivity contribution >= 4 is 34.4 Å². The van der Waals surface area contributed by atoms with E-state index in [0.29, 0.717) is 28.2 Å². The van der Waals surface area contributed by atoms with Crippen molar-refractivity contribution in [2.45, 2.75) is 18.9 Å². The average Bonchev–Trinajstić information content (AvgIpc) is 3.40. The van der Waals surface area contributed by atoms with E-state index in [4.69, 9.17) is 5.73 Å². The molecule has 1 aliphatic rings. The lowest BCUT2D eigenvalue weighted by Gasteiger charge is -2.06. The van der Waals surface area contributed by atoms with Crippen LogP contribution in [0.2, 0.25) is 0 Å². The van der Waals surface area contributed by atoms with Gasteiger partial charge in [-0.15, -0.1) is 11.3 Å². The number of carbonyl (C=O) groups is 2. The maximum absolute atomic E-state index is 12.5. The summed E-state index contributed by atoms with van der Waals surface area (Å²) in [6, 6.07) is 13.9. The van der Waals surface area contributed by atoms with Crippen LogP contribution in [-0.4, -0.2) is 23.2 Å². The maximum atomic E-state index is 12.5. The Kier molecular flexibility index (Phi) is 5.18. The zero-order chi connectivity index (χ0) is 19.5. The summed E-state index contributed by atoms with van der Waals surface area (Å²) in [4.78, 5) is 29.4. The van der Waals surface area contributed by atoms with Crippen molar-refractivity contribution in [3.8, 4) is 0 Å². The molecule has 2 heterocycles. The Hall–Kier alpha value is -3.03. The number of rotatable bonds is 5. The van der Waals surface area contributed by atoms with Gasteiger partial charge in [0.2, 0.25) is 0 Å². The van der Waals surface area contributed by atoms with E-state index in [0.717, 1.165) is 24.4 Å². The molecule has 1 saturated heterocycles. The number of hydrogen-bond donors (Lipinski definition) is 3. The number of carbonyl (C=O) groups excluding carboxylic acids is 2. The molecule has 7 heteroatoms. The number of amides is 1. The fourth-order valence-corrected chi connectivity index (χ4v) is 4.06. The normalized spacial score (nSPS) is 16.1. The van der Waals surface area contributed by atoms with Gasteiger partial charge in [-0.3, -0.25) is 9.59 Å². The summed E-state index contributed by atoms with van der Waals surface area (Å²) in [6.45, 7) is 0.993. The Bertz CT molecular complexity index is 990. The molecule has 0 aliphatic carbocycles. The van der Waals surface area contributed by atoms with Crippen molar-refractivity contribution in [3.63, 3.8) is 0 Å². The Morgan fingerprint density at radius 1 is 1.07 bits per heavy atom. The first-order valence-electron chi connectivity index (χ1n) is 9.10. The van der Waals surface area contributed by atoms with Gasteiger partial charge in [-0.25, -0.2) is 4.98 Å². The zero-order valence-corrected chi connectivity index (χ0v) is 16.0. The van der Waals surface area contributed by atoms with E-state index in [1.54, 1.807) is 53.9 Å². The van der Waals surface area contributed by atoms with E-state index in [1.165, 1.54) is 11.3 Å². The fourth-order valence-electron chi connectivity index (χ4n) is 3.15. The van der Waals surface area contributed by atoms with Crippen LogP contribution in [-0.2, 0) is 0 Å². The van der Waals surface area contributed by atoms with Gasteiger partial charge >= 0.3 is 0 Å². The second-order valence-corrected chi connectivity index (χ2v) is 7.59. The number of anilines is 2. The molecule has 1 unspecified atom stereocenters. The highest BCUT2D eigenvalue weighted by Gasteiger charge is 2.21. The molecule has 1 aromatic heterocycles. The molecule has 6 nitrogen and oxygen atoms in total. The van der Waals surface area contributed by atoms with Gasteiger partial charge in [0.1, 0.15) is 10.7 Å². The van der Waals surface area contributed by atoms with Crippen molar-refractivity contribution in [1.29, 1.82) is 0 Å². The lowest BCUT2D eigenvalue weighted by atomic mass is 10.0. The first-order chi connectivity index (χ1) is 13.6. The van der Waals surface area contributed by atoms with E-state index < -0.39 is 0 Å². The highest BCUT2D eigenvalue weighted by atomic mass is 32.1. The van der Waals surface area contributed by atoms with E-state index in [2.05, 4.69) is 15.6 Å². The fraction of sp³-hybridized carbons (Fsp3) is 0.190. The molecule has 2 aromatic carbocycles. The lowest BCUT2D eigenvalue weighted by molar-refractivity contribution is 0.102. The minimum Gasteiger partial charge on any atom is -0.399 e. The number of nitrogens with two attached hydrogens (primary N) is 1. The van der Waals surface area contributed by atoms with Crippen LogP contribution in [0.5, 0.6) is 0 Å². The van der Waals surface area contributed by atoms with Crippen LogP contribution in [0.1, 0.15) is 50.3 Å². The van der Waals surface area contributed by atoms with Crippen molar-refractivity contribution in [1.82, 2.24) is 10.3 Å². The van der Waals surface area contributed by atoms with Crippen molar-refractivity contribution < 1.29 is 9.59 Å². The van der Waals surface area contributed by atoms with Crippen LogP contribution in [0, 0.1) is 0 Å². The van der Waals surface area contributed by atoms with Crippen LogP contribution in [0.25, 0.3) is 0 Å². The summed E-state index contributed by atoms with van der Waals surface area (Å²) in [5.74, 6) is -0.343. The minimum absolute atomic E-state index is 0.0916. The number of benzene rings is 2. The van der Waals surface area contributed by atoms with Crippen LogP contribution in [0.3, 0.4) is 0 Å². The van der Waals surface area contributed by atoms with Crippen molar-refractivity contribution in [3.05, 3.63) is 75.7 Å². The number of thiazole rings is 1. The number of ketones is 1. The Balaban J connectivity index is 1.42. The molecule has 142 valence electrons. The molecule has 28 heavy (non-hydrogen) atoms. The minimum atomic E-state index is -0.252. The standard InChI is InChI=1S/C21H20N4O2S/c22-15-7-3-13(4-8-15)19(26)14-5-9-16(10-6-14)24-20(27)18-12-28-21(25-18)17-2-1-11-23-17/h3-10,12,17,23H,1-2,11,22H2,(H,24,27). The number of nitrogens with one attached hydrogen (secondary N) is 2. The smallest absolute Gasteiger partial charge is 0.275 e. The van der Waals surface area contributed by atoms with Gasteiger partial charge in [0.15, 0.2) is 5.78 Å². The molecule has 1 atom stereocenters. The molecular weight excluding hydrogens is 372 g/mol. The summed E-state index contributed by atoms with van der Waals surface area (Å²) in [5, 5.41) is 8.95. The van der Waals surface area contributed by atoms with E-state index in [1.807, 2.05) is 0 Å². The van der Waals surface area contributed by atoms with Gasteiger partial charge < -0.3 is 16.4 Å². The third kappa shape index (κ3) is 3.95. The Morgan fingerprint density at radius 3 is 2.39 bits per heavy atom. The quantitative estimate of drug-likeness (QED) is 0.455. The van der Waals surface area contributed by atoms with Gasteiger partial charge in [0.25, 0.3) is 5.91 Å². The molecule has 4 rings (SSSR count). The summed E-state index contributed by atoms with van der Waals surface area (Å²) in [6.07, 6.45) is 2.19. The first kappa shape index (κ1) is 18.3. The van der Waals surface area contributed by atoms with Gasteiger partial charge in [-0.05, 0) is 67.9 Å². The highest BCUT2D eigenvalue weighted by molar-refractivity contribution is 7.09. The Labute approximate surface area is 166 Å². The van der Waals surface area contributed by atoms with E-state index in [9.17, 15) is 9.59 Å². The van der Waals surface area contributed by atoms with E-state index in [-0.39, 0.29) is 17.7 Å². The van der Waals surface area contributed by atoms with Gasteiger partial charge in [0.05, 0.1) is 6.04 Å². The third-order valence-corrected chi connectivity index (χ3v) is 5.65. The molecule has 4 N–H and O–H groups in total. The van der Waals surface area contributed by atoms with Crippen molar-refractivity contribution in [2.24, 2.45) is 0 Å². The summed E-state index contributed by atoms with van der Waals surface area (Å²) < 4.78 is 0. The molecule has 1 amide bonds. The van der Waals surface area contributed by atoms with Crippen LogP contribution >= 0.6 is 11.3 Å². The summed E-state index contributed by atoms with van der Waals surface area (Å²) in [7, 11) is 0. The largest absolute Gasteiger partial charge is 0.399 e. The number of hydrogen-bond acceptors (Lipinski definition) is 6. The first-order valence-corrected chi connectivity index (χ1v) is 9.98. The Morgan fingerprint density at radius 2 is 1.75 bits per heavy atom. The second kappa shape index (κ2) is 7.92. The maximum Gasteiger partial charge on any atom is 0.275 e. The van der Waals surface area contributed by atoms with Gasteiger partial charge in [-0.1, -0.05) is 0 Å². The van der Waals surface area contributed by atoms with Crippen molar-refractivity contribution in [2.75, 3.05) is 17.6 Å². The summed E-state index contributed by atoms with van der Waals surface area (Å²) >= 11 is 1.50. The third-order valence-electron chi connectivity index (χ3n) is 4.69. The molecule has 0 radical (unpaired) electrons. The van der Waals surface area contributed by atoms with Gasteiger partial charge in [-0.2, -0.15) is 0 Å². The second-order valence-electron chi connectivity index (χ2n) is 6.70. The molecule has 0 saturated carbocycles. The monoisotopic (exact) mass is 392 g/mol. The molecule has 0 spiro atoms. The van der Waals surface area contributed by atoms with Gasteiger partial charge in [0, 0.05) is 27.9 Å². The SMILES string of the molecule is Nc1ccc(C(=O)c2ccc(NC(=O)c3csc(C4CCCN4)n3)cc2)cc1. The van der Waals surface area contributed by atoms with Crippen LogP contribution < -0.4 is 16.4 Å². The molecule has 1 fully saturated rings. The topological polar surface area (TPSA) is 97.1 Å². The molecule has 1 aliphatic heterocycles. The predicted molar refractivity (Wildman–Crippen MR) is 111 cm³/mol. The van der Waals surface area contributed by atoms with E-state index >= 15 is 0 Å². The zero-order valence-electron chi connectivity index (χ0n) is 15.1. The van der Waals surface area contributed by atoms with Crippen LogP contribution in [0.4, 0.5) is 11.4 Å². The number of nitrogens with zero attached hydrogens (tertiary/aromatic N) is 1. The predicted octanol–water partition coefficient (Wildman–Crippen LogP) is 3.63. The molecular formula is C21H20N4O2S. The number of nitrogen functional groups attached to an aromatic ring is 1. The number of aromatic nitrogens is 1. The summed E-state index contributed by atoms with van der Waals surface area (Å²) in [5.41, 5.74) is 8.42.